The molecule has 0 aliphatic carbocycles. The molecular formula is C20H22N2O4S. The summed E-state index contributed by atoms with van der Waals surface area (Å²) in [6, 6.07) is 9.53. The quantitative estimate of drug-likeness (QED) is 0.770. The number of carbonyl (C=O) groups is 1. The van der Waals surface area contributed by atoms with Gasteiger partial charge in [0.2, 0.25) is 12.7 Å². The largest absolute Gasteiger partial charge is 0.468 e. The first-order chi connectivity index (χ1) is 13.3. The fourth-order valence-corrected chi connectivity index (χ4v) is 4.16. The number of benzene rings is 1. The first kappa shape index (κ1) is 18.0. The molecule has 2 aliphatic rings. The number of fused-ring (bicyclic) bond motifs is 1. The summed E-state index contributed by atoms with van der Waals surface area (Å²) in [4.78, 5) is 14.7. The number of nitrogens with zero attached hydrogens (tertiary/aromatic N) is 1. The second kappa shape index (κ2) is 8.54. The van der Waals surface area contributed by atoms with Crippen LogP contribution in [-0.4, -0.2) is 48.7 Å². The molecule has 0 radical (unpaired) electrons. The third kappa shape index (κ3) is 4.48. The van der Waals surface area contributed by atoms with Crippen molar-refractivity contribution in [2.45, 2.75) is 6.04 Å². The van der Waals surface area contributed by atoms with Crippen LogP contribution in [0.25, 0.3) is 6.08 Å². The molecule has 2 aliphatic heterocycles. The normalized spacial score (nSPS) is 17.9. The Morgan fingerprint density at radius 1 is 1.22 bits per heavy atom. The Balaban J connectivity index is 1.36. The van der Waals surface area contributed by atoms with E-state index in [1.165, 1.54) is 0 Å². The second-order valence-corrected chi connectivity index (χ2v) is 7.60. The van der Waals surface area contributed by atoms with E-state index >= 15 is 0 Å². The Hall–Kier alpha value is -2.38. The first-order valence-electron chi connectivity index (χ1n) is 9.00. The number of carbonyl (C=O) groups excluding carboxylic acids is 1. The van der Waals surface area contributed by atoms with E-state index in [1.807, 2.05) is 42.1 Å². The average molecular weight is 386 g/mol. The Labute approximate surface area is 162 Å². The van der Waals surface area contributed by atoms with Crippen molar-refractivity contribution in [1.82, 2.24) is 10.2 Å². The fourth-order valence-electron chi connectivity index (χ4n) is 3.22. The zero-order valence-electron chi connectivity index (χ0n) is 14.9. The van der Waals surface area contributed by atoms with E-state index in [-0.39, 0.29) is 18.7 Å². The lowest BCUT2D eigenvalue weighted by Gasteiger charge is -2.33. The average Bonchev–Trinajstić information content (AvgIpc) is 3.39. The zero-order valence-corrected chi connectivity index (χ0v) is 15.7. The molecule has 1 saturated heterocycles. The molecule has 4 rings (SSSR count). The highest BCUT2D eigenvalue weighted by molar-refractivity contribution is 7.99. The van der Waals surface area contributed by atoms with Crippen LogP contribution in [0.4, 0.5) is 0 Å². The monoisotopic (exact) mass is 386 g/mol. The lowest BCUT2D eigenvalue weighted by atomic mass is 10.1. The Kier molecular flexibility index (Phi) is 5.69. The Bertz CT molecular complexity index is 800. The topological polar surface area (TPSA) is 63.9 Å². The Morgan fingerprint density at radius 2 is 2.07 bits per heavy atom. The van der Waals surface area contributed by atoms with Crippen LogP contribution in [-0.2, 0) is 4.79 Å². The van der Waals surface area contributed by atoms with E-state index in [9.17, 15) is 4.79 Å². The minimum Gasteiger partial charge on any atom is -0.468 e. The molecule has 1 aromatic heterocycles. The van der Waals surface area contributed by atoms with Gasteiger partial charge >= 0.3 is 0 Å². The van der Waals surface area contributed by atoms with Crippen molar-refractivity contribution in [3.8, 4) is 11.5 Å². The minimum absolute atomic E-state index is 0.0591. The number of nitrogens with one attached hydrogen (secondary N) is 1. The van der Waals surface area contributed by atoms with Crippen molar-refractivity contribution in [1.29, 1.82) is 0 Å². The van der Waals surface area contributed by atoms with Gasteiger partial charge in [0.15, 0.2) is 11.5 Å². The summed E-state index contributed by atoms with van der Waals surface area (Å²) in [5.41, 5.74) is 0.894. The molecule has 1 fully saturated rings. The molecule has 0 bridgehead atoms. The van der Waals surface area contributed by atoms with E-state index < -0.39 is 0 Å². The molecule has 0 unspecified atom stereocenters. The van der Waals surface area contributed by atoms with E-state index in [0.717, 1.165) is 41.7 Å². The third-order valence-corrected chi connectivity index (χ3v) is 5.59. The predicted octanol–water partition coefficient (Wildman–Crippen LogP) is 2.93. The Morgan fingerprint density at radius 3 is 2.89 bits per heavy atom. The summed E-state index contributed by atoms with van der Waals surface area (Å²) in [6.07, 6.45) is 5.00. The predicted molar refractivity (Wildman–Crippen MR) is 105 cm³/mol. The van der Waals surface area contributed by atoms with Crippen LogP contribution in [0.5, 0.6) is 11.5 Å². The van der Waals surface area contributed by atoms with Gasteiger partial charge in [-0.2, -0.15) is 11.8 Å². The van der Waals surface area contributed by atoms with Crippen LogP contribution >= 0.6 is 11.8 Å². The van der Waals surface area contributed by atoms with Gasteiger partial charge in [0, 0.05) is 37.2 Å². The highest BCUT2D eigenvalue weighted by atomic mass is 32.2. The van der Waals surface area contributed by atoms with Gasteiger partial charge < -0.3 is 19.2 Å². The smallest absolute Gasteiger partial charge is 0.244 e. The van der Waals surface area contributed by atoms with Gasteiger partial charge in [0.25, 0.3) is 0 Å². The van der Waals surface area contributed by atoms with Gasteiger partial charge in [-0.3, -0.25) is 9.69 Å². The van der Waals surface area contributed by atoms with Crippen molar-refractivity contribution in [2.75, 3.05) is 37.9 Å². The molecule has 142 valence electrons. The molecule has 7 heteroatoms. The lowest BCUT2D eigenvalue weighted by molar-refractivity contribution is -0.116. The fraction of sp³-hybridized carbons (Fsp3) is 0.350. The standard InChI is InChI=1S/C20H22N2O4S/c23-20(6-4-15-3-5-18-19(12-15)26-14-25-18)21-13-16(17-2-1-9-24-17)22-7-10-27-11-8-22/h1-6,9,12,16H,7-8,10-11,13-14H2,(H,21,23)/b6-4+/t16-/m0/s1. The molecule has 1 aromatic carbocycles. The molecule has 0 saturated carbocycles. The van der Waals surface area contributed by atoms with Crippen LogP contribution in [0.2, 0.25) is 0 Å². The van der Waals surface area contributed by atoms with E-state index in [1.54, 1.807) is 18.4 Å². The van der Waals surface area contributed by atoms with E-state index in [2.05, 4.69) is 10.2 Å². The van der Waals surface area contributed by atoms with Gasteiger partial charge in [-0.1, -0.05) is 6.07 Å². The summed E-state index contributed by atoms with van der Waals surface area (Å²) in [5, 5.41) is 3.00. The van der Waals surface area contributed by atoms with Crippen molar-refractivity contribution >= 4 is 23.7 Å². The van der Waals surface area contributed by atoms with Gasteiger partial charge in [-0.05, 0) is 35.9 Å². The minimum atomic E-state index is -0.129. The van der Waals surface area contributed by atoms with Gasteiger partial charge in [0.05, 0.1) is 12.3 Å². The van der Waals surface area contributed by atoms with Crippen LogP contribution in [0.3, 0.4) is 0 Å². The van der Waals surface area contributed by atoms with Crippen LogP contribution in [0.15, 0.2) is 47.1 Å². The number of furan rings is 1. The van der Waals surface area contributed by atoms with Crippen molar-refractivity contribution < 1.29 is 18.7 Å². The highest BCUT2D eigenvalue weighted by Gasteiger charge is 2.24. The number of rotatable bonds is 6. The number of hydrogen-bond acceptors (Lipinski definition) is 6. The molecule has 1 N–H and O–H groups in total. The SMILES string of the molecule is O=C(/C=C/c1ccc2c(c1)OCO2)NC[C@@H](c1ccco1)N1CCSCC1. The lowest BCUT2D eigenvalue weighted by Crippen LogP contribution is -2.41. The summed E-state index contributed by atoms with van der Waals surface area (Å²) < 4.78 is 16.3. The zero-order chi connectivity index (χ0) is 18.5. The third-order valence-electron chi connectivity index (χ3n) is 4.65. The molecule has 2 aromatic rings. The highest BCUT2D eigenvalue weighted by Crippen LogP contribution is 2.32. The van der Waals surface area contributed by atoms with E-state index in [4.69, 9.17) is 13.9 Å². The molecule has 3 heterocycles. The maximum absolute atomic E-state index is 12.3. The molecule has 0 spiro atoms. The van der Waals surface area contributed by atoms with Crippen LogP contribution in [0.1, 0.15) is 17.4 Å². The molecule has 6 nitrogen and oxygen atoms in total. The summed E-state index contributed by atoms with van der Waals surface area (Å²) in [5.74, 6) is 4.42. The second-order valence-electron chi connectivity index (χ2n) is 6.37. The van der Waals surface area contributed by atoms with Crippen molar-refractivity contribution in [3.05, 3.63) is 54.0 Å². The van der Waals surface area contributed by atoms with E-state index in [0.29, 0.717) is 12.3 Å². The van der Waals surface area contributed by atoms with Gasteiger partial charge in [0.1, 0.15) is 5.76 Å². The van der Waals surface area contributed by atoms with Crippen LogP contribution < -0.4 is 14.8 Å². The number of thioether (sulfide) groups is 1. The number of amides is 1. The molecule has 1 amide bonds. The van der Waals surface area contributed by atoms with Crippen molar-refractivity contribution in [3.63, 3.8) is 0 Å². The molecule has 1 atom stereocenters. The first-order valence-corrected chi connectivity index (χ1v) is 10.2. The van der Waals surface area contributed by atoms with Crippen molar-refractivity contribution in [2.24, 2.45) is 0 Å². The maximum Gasteiger partial charge on any atom is 0.244 e. The van der Waals surface area contributed by atoms with Gasteiger partial charge in [-0.15, -0.1) is 0 Å². The van der Waals surface area contributed by atoms with Crippen LogP contribution in [0, 0.1) is 0 Å². The molecule has 27 heavy (non-hydrogen) atoms. The summed E-state index contributed by atoms with van der Waals surface area (Å²) in [6.45, 7) is 2.76. The number of hydrogen-bond donors (Lipinski definition) is 1. The maximum atomic E-state index is 12.3. The summed E-state index contributed by atoms with van der Waals surface area (Å²) in [7, 11) is 0. The molecular weight excluding hydrogens is 364 g/mol. The number of ether oxygens (including phenoxy) is 2. The van der Waals surface area contributed by atoms with Gasteiger partial charge in [-0.25, -0.2) is 0 Å². The summed E-state index contributed by atoms with van der Waals surface area (Å²) >= 11 is 1.96.